The van der Waals surface area contributed by atoms with Crippen molar-refractivity contribution in [2.45, 2.75) is 38.5 Å². The minimum atomic E-state index is -0.226. The van der Waals surface area contributed by atoms with Gasteiger partial charge in [0.05, 0.1) is 6.10 Å². The standard InChI is InChI=1S/C16H20N2OS/c1-12-4-5-14(20-12)11-18-8-6-16(19)15(18)9-13-3-2-7-17-10-13/h2-5,7,10,15-16,19H,6,8-9,11H2,1H3/t15-,16-/m0/s1. The topological polar surface area (TPSA) is 36.4 Å². The Balaban J connectivity index is 1.70. The lowest BCUT2D eigenvalue weighted by molar-refractivity contribution is 0.113. The van der Waals surface area contributed by atoms with Crippen molar-refractivity contribution in [3.63, 3.8) is 0 Å². The number of aryl methyl sites for hydroxylation is 1. The fourth-order valence-electron chi connectivity index (χ4n) is 2.89. The van der Waals surface area contributed by atoms with Crippen molar-refractivity contribution >= 4 is 11.3 Å². The molecule has 0 radical (unpaired) electrons. The number of pyridine rings is 1. The molecule has 20 heavy (non-hydrogen) atoms. The monoisotopic (exact) mass is 288 g/mol. The van der Waals surface area contributed by atoms with Gasteiger partial charge in [-0.25, -0.2) is 0 Å². The largest absolute Gasteiger partial charge is 0.391 e. The van der Waals surface area contributed by atoms with Gasteiger partial charge in [0.2, 0.25) is 0 Å². The lowest BCUT2D eigenvalue weighted by Gasteiger charge is -2.25. The van der Waals surface area contributed by atoms with E-state index in [2.05, 4.69) is 35.0 Å². The number of hydrogen-bond acceptors (Lipinski definition) is 4. The van der Waals surface area contributed by atoms with Gasteiger partial charge in [-0.1, -0.05) is 6.07 Å². The van der Waals surface area contributed by atoms with Crippen LogP contribution in [0.4, 0.5) is 0 Å². The summed E-state index contributed by atoms with van der Waals surface area (Å²) in [5.74, 6) is 0. The minimum absolute atomic E-state index is 0.210. The first kappa shape index (κ1) is 13.7. The van der Waals surface area contributed by atoms with E-state index < -0.39 is 0 Å². The van der Waals surface area contributed by atoms with Gasteiger partial charge in [0.1, 0.15) is 0 Å². The summed E-state index contributed by atoms with van der Waals surface area (Å²) in [4.78, 5) is 9.30. The zero-order valence-electron chi connectivity index (χ0n) is 11.7. The van der Waals surface area contributed by atoms with Gasteiger partial charge in [0.15, 0.2) is 0 Å². The molecular formula is C16H20N2OS. The van der Waals surface area contributed by atoms with Crippen LogP contribution >= 0.6 is 11.3 Å². The van der Waals surface area contributed by atoms with Crippen LogP contribution in [0.25, 0.3) is 0 Å². The summed E-state index contributed by atoms with van der Waals surface area (Å²) in [6, 6.07) is 8.63. The molecule has 4 heteroatoms. The number of aliphatic hydroxyl groups is 1. The van der Waals surface area contributed by atoms with Crippen LogP contribution in [0.15, 0.2) is 36.7 Å². The smallest absolute Gasteiger partial charge is 0.0710 e. The molecule has 1 aliphatic heterocycles. The number of aliphatic hydroxyl groups excluding tert-OH is 1. The van der Waals surface area contributed by atoms with Crippen molar-refractivity contribution < 1.29 is 5.11 Å². The average Bonchev–Trinajstić information content (AvgIpc) is 3.01. The summed E-state index contributed by atoms with van der Waals surface area (Å²) in [5.41, 5.74) is 1.20. The van der Waals surface area contributed by atoms with E-state index in [0.717, 1.165) is 25.9 Å². The molecule has 2 atom stereocenters. The first-order chi connectivity index (χ1) is 9.72. The second kappa shape index (κ2) is 6.04. The minimum Gasteiger partial charge on any atom is -0.391 e. The fourth-order valence-corrected chi connectivity index (χ4v) is 3.81. The van der Waals surface area contributed by atoms with Crippen molar-refractivity contribution in [2.75, 3.05) is 6.54 Å². The highest BCUT2D eigenvalue weighted by atomic mass is 32.1. The van der Waals surface area contributed by atoms with Crippen LogP contribution in [0.3, 0.4) is 0 Å². The number of nitrogens with zero attached hydrogens (tertiary/aromatic N) is 2. The lowest BCUT2D eigenvalue weighted by Crippen LogP contribution is -2.36. The molecule has 0 bridgehead atoms. The molecule has 3 nitrogen and oxygen atoms in total. The number of likely N-dealkylation sites (tertiary alicyclic amines) is 1. The van der Waals surface area contributed by atoms with Crippen molar-refractivity contribution in [1.29, 1.82) is 0 Å². The Kier molecular flexibility index (Phi) is 4.15. The predicted molar refractivity (Wildman–Crippen MR) is 81.8 cm³/mol. The van der Waals surface area contributed by atoms with Crippen molar-refractivity contribution in [1.82, 2.24) is 9.88 Å². The molecule has 1 saturated heterocycles. The van der Waals surface area contributed by atoms with E-state index in [1.165, 1.54) is 15.3 Å². The number of rotatable bonds is 4. The van der Waals surface area contributed by atoms with E-state index in [4.69, 9.17) is 0 Å². The van der Waals surface area contributed by atoms with E-state index in [0.29, 0.717) is 0 Å². The Bertz CT molecular complexity index is 555. The van der Waals surface area contributed by atoms with Gasteiger partial charge in [-0.2, -0.15) is 0 Å². The molecule has 3 rings (SSSR count). The van der Waals surface area contributed by atoms with Crippen molar-refractivity contribution in [2.24, 2.45) is 0 Å². The third-order valence-electron chi connectivity index (χ3n) is 3.95. The van der Waals surface area contributed by atoms with Gasteiger partial charge in [-0.3, -0.25) is 9.88 Å². The normalized spacial score (nSPS) is 23.3. The van der Waals surface area contributed by atoms with Crippen molar-refractivity contribution in [3.8, 4) is 0 Å². The van der Waals surface area contributed by atoms with Gasteiger partial charge < -0.3 is 5.11 Å². The molecule has 2 aromatic heterocycles. The molecule has 1 aliphatic rings. The SMILES string of the molecule is Cc1ccc(CN2CC[C@H](O)[C@@H]2Cc2cccnc2)s1. The first-order valence-electron chi connectivity index (χ1n) is 7.09. The second-order valence-electron chi connectivity index (χ2n) is 5.47. The Morgan fingerprint density at radius 2 is 2.30 bits per heavy atom. The highest BCUT2D eigenvalue weighted by molar-refractivity contribution is 7.11. The molecule has 0 amide bonds. The van der Waals surface area contributed by atoms with Crippen LogP contribution in [-0.2, 0) is 13.0 Å². The molecule has 0 spiro atoms. The van der Waals surface area contributed by atoms with Gasteiger partial charge in [-0.05, 0) is 43.5 Å². The first-order valence-corrected chi connectivity index (χ1v) is 7.90. The molecule has 0 aliphatic carbocycles. The summed E-state index contributed by atoms with van der Waals surface area (Å²) in [7, 11) is 0. The Morgan fingerprint density at radius 1 is 1.40 bits per heavy atom. The Morgan fingerprint density at radius 3 is 3.00 bits per heavy atom. The van der Waals surface area contributed by atoms with E-state index in [-0.39, 0.29) is 12.1 Å². The Hall–Kier alpha value is -1.23. The molecule has 0 unspecified atom stereocenters. The number of thiophene rings is 1. The third-order valence-corrected chi connectivity index (χ3v) is 4.93. The average molecular weight is 288 g/mol. The van der Waals surface area contributed by atoms with E-state index in [1.807, 2.05) is 23.6 Å². The fraction of sp³-hybridized carbons (Fsp3) is 0.438. The zero-order valence-corrected chi connectivity index (χ0v) is 12.5. The van der Waals surface area contributed by atoms with Crippen LogP contribution in [0, 0.1) is 6.92 Å². The van der Waals surface area contributed by atoms with Crippen LogP contribution in [-0.4, -0.2) is 33.7 Å². The van der Waals surface area contributed by atoms with E-state index in [9.17, 15) is 5.11 Å². The molecule has 0 saturated carbocycles. The van der Waals surface area contributed by atoms with Crippen molar-refractivity contribution in [3.05, 3.63) is 52.0 Å². The third kappa shape index (κ3) is 3.08. The summed E-state index contributed by atoms with van der Waals surface area (Å²) < 4.78 is 0. The van der Waals surface area contributed by atoms with E-state index in [1.54, 1.807) is 6.20 Å². The van der Waals surface area contributed by atoms with Gasteiger partial charge in [-0.15, -0.1) is 11.3 Å². The summed E-state index contributed by atoms with van der Waals surface area (Å²) in [6.45, 7) is 4.06. The maximum absolute atomic E-state index is 10.2. The van der Waals surface area contributed by atoms with Crippen LogP contribution in [0.2, 0.25) is 0 Å². The van der Waals surface area contributed by atoms with Gasteiger partial charge >= 0.3 is 0 Å². The lowest BCUT2D eigenvalue weighted by atomic mass is 10.0. The number of aromatic nitrogens is 1. The molecular weight excluding hydrogens is 268 g/mol. The summed E-state index contributed by atoms with van der Waals surface area (Å²) in [6.07, 6.45) is 5.21. The molecule has 1 fully saturated rings. The highest BCUT2D eigenvalue weighted by Gasteiger charge is 2.32. The van der Waals surface area contributed by atoms with Gasteiger partial charge in [0, 0.05) is 41.3 Å². The van der Waals surface area contributed by atoms with Crippen LogP contribution in [0.1, 0.15) is 21.7 Å². The van der Waals surface area contributed by atoms with Gasteiger partial charge in [0.25, 0.3) is 0 Å². The summed E-state index contributed by atoms with van der Waals surface area (Å²) in [5, 5.41) is 10.2. The molecule has 106 valence electrons. The molecule has 1 N–H and O–H groups in total. The van der Waals surface area contributed by atoms with E-state index >= 15 is 0 Å². The highest BCUT2D eigenvalue weighted by Crippen LogP contribution is 2.26. The predicted octanol–water partition coefficient (Wildman–Crippen LogP) is 2.63. The molecule has 2 aromatic rings. The maximum Gasteiger partial charge on any atom is 0.0710 e. The van der Waals surface area contributed by atoms with Crippen LogP contribution < -0.4 is 0 Å². The maximum atomic E-state index is 10.2. The molecule has 0 aromatic carbocycles. The van der Waals surface area contributed by atoms with Crippen LogP contribution in [0.5, 0.6) is 0 Å². The molecule has 3 heterocycles. The Labute approximate surface area is 123 Å². The second-order valence-corrected chi connectivity index (χ2v) is 6.84. The number of hydrogen-bond donors (Lipinski definition) is 1. The zero-order chi connectivity index (χ0) is 13.9. The quantitative estimate of drug-likeness (QED) is 0.939. The summed E-state index contributed by atoms with van der Waals surface area (Å²) >= 11 is 1.85.